The molecule has 5 heteroatoms. The minimum atomic E-state index is 0.124. The van der Waals surface area contributed by atoms with Crippen LogP contribution in [0, 0.1) is 13.8 Å². The first kappa shape index (κ1) is 17.6. The predicted molar refractivity (Wildman–Crippen MR) is 107 cm³/mol. The van der Waals surface area contributed by atoms with E-state index in [0.717, 1.165) is 46.2 Å². The maximum absolute atomic E-state index is 9.77. The van der Waals surface area contributed by atoms with E-state index < -0.39 is 0 Å². The van der Waals surface area contributed by atoms with Crippen LogP contribution in [0.1, 0.15) is 53.2 Å². The summed E-state index contributed by atoms with van der Waals surface area (Å²) in [7, 11) is 0. The lowest BCUT2D eigenvalue weighted by molar-refractivity contribution is 0.262. The van der Waals surface area contributed by atoms with Crippen LogP contribution >= 0.6 is 0 Å². The fraction of sp³-hybridized carbons (Fsp3) is 0.318. The Balaban J connectivity index is 1.94. The second-order valence-corrected chi connectivity index (χ2v) is 7.09. The normalized spacial score (nSPS) is 14.1. The minimum absolute atomic E-state index is 0.124. The molecular formula is C22H24N4O. The highest BCUT2D eigenvalue weighted by Crippen LogP contribution is 2.29. The van der Waals surface area contributed by atoms with Crippen LogP contribution in [0.25, 0.3) is 5.69 Å². The van der Waals surface area contributed by atoms with E-state index in [-0.39, 0.29) is 12.5 Å². The summed E-state index contributed by atoms with van der Waals surface area (Å²) >= 11 is 0. The second kappa shape index (κ2) is 7.08. The van der Waals surface area contributed by atoms with E-state index in [1.54, 1.807) is 0 Å². The molecular weight excluding hydrogens is 336 g/mol. The van der Waals surface area contributed by atoms with Crippen LogP contribution in [-0.4, -0.2) is 32.2 Å². The van der Waals surface area contributed by atoms with Gasteiger partial charge in [-0.1, -0.05) is 42.8 Å². The number of hydrogen-bond donors (Lipinski definition) is 1. The molecule has 0 bridgehead atoms. The van der Waals surface area contributed by atoms with Gasteiger partial charge >= 0.3 is 0 Å². The zero-order chi connectivity index (χ0) is 19.0. The lowest BCUT2D eigenvalue weighted by atomic mass is 9.91. The van der Waals surface area contributed by atoms with Gasteiger partial charge in [-0.15, -0.1) is 10.2 Å². The summed E-state index contributed by atoms with van der Waals surface area (Å²) in [4.78, 5) is 4.90. The predicted octanol–water partition coefficient (Wildman–Crippen LogP) is 3.72. The van der Waals surface area contributed by atoms with Crippen molar-refractivity contribution in [2.75, 3.05) is 6.61 Å². The third kappa shape index (κ3) is 3.08. The monoisotopic (exact) mass is 360 g/mol. The Kier molecular flexibility index (Phi) is 4.62. The Labute approximate surface area is 159 Å². The Morgan fingerprint density at radius 3 is 2.56 bits per heavy atom. The minimum Gasteiger partial charge on any atom is -0.396 e. The van der Waals surface area contributed by atoms with Gasteiger partial charge in [0, 0.05) is 23.7 Å². The molecule has 1 aliphatic heterocycles. The van der Waals surface area contributed by atoms with Crippen molar-refractivity contribution in [2.24, 2.45) is 4.99 Å². The van der Waals surface area contributed by atoms with E-state index in [1.165, 1.54) is 5.56 Å². The van der Waals surface area contributed by atoms with Gasteiger partial charge in [0.15, 0.2) is 5.82 Å². The molecule has 0 amide bonds. The molecule has 1 atom stereocenters. The van der Waals surface area contributed by atoms with Crippen LogP contribution in [0.5, 0.6) is 0 Å². The molecule has 0 saturated heterocycles. The van der Waals surface area contributed by atoms with Crippen LogP contribution in [0.3, 0.4) is 0 Å². The summed E-state index contributed by atoms with van der Waals surface area (Å²) in [5, 5.41) is 18.3. The SMILES string of the molecule is CCC(CO)c1ccc2c(c1)C(c1ccc(C)cc1)=NCc1nnc(C)n1-2. The molecule has 0 spiro atoms. The van der Waals surface area contributed by atoms with Crippen LogP contribution < -0.4 is 0 Å². The van der Waals surface area contributed by atoms with Crippen molar-refractivity contribution < 1.29 is 5.11 Å². The van der Waals surface area contributed by atoms with Crippen molar-refractivity contribution >= 4 is 5.71 Å². The van der Waals surface area contributed by atoms with Gasteiger partial charge in [0.2, 0.25) is 0 Å². The van der Waals surface area contributed by atoms with E-state index >= 15 is 0 Å². The second-order valence-electron chi connectivity index (χ2n) is 7.09. The van der Waals surface area contributed by atoms with E-state index in [9.17, 15) is 5.11 Å². The van der Waals surface area contributed by atoms with Crippen LogP contribution in [0.15, 0.2) is 47.5 Å². The molecule has 2 heterocycles. The first-order valence-corrected chi connectivity index (χ1v) is 9.40. The summed E-state index contributed by atoms with van der Waals surface area (Å²) in [6.45, 7) is 6.79. The van der Waals surface area contributed by atoms with E-state index in [2.05, 4.69) is 71.1 Å². The van der Waals surface area contributed by atoms with Gasteiger partial charge in [-0.2, -0.15) is 0 Å². The first-order valence-electron chi connectivity index (χ1n) is 9.40. The number of aromatic nitrogens is 3. The molecule has 1 aliphatic rings. The zero-order valence-corrected chi connectivity index (χ0v) is 16.0. The highest BCUT2D eigenvalue weighted by Gasteiger charge is 2.23. The van der Waals surface area contributed by atoms with Crippen molar-refractivity contribution in [1.29, 1.82) is 0 Å². The standard InChI is InChI=1S/C22H24N4O/c1-4-16(13-27)18-9-10-20-19(11-18)22(17-7-5-14(2)6-8-17)23-12-21-25-24-15(3)26(20)21/h5-11,16,27H,4,12-13H2,1-3H3. The van der Waals surface area contributed by atoms with Crippen molar-refractivity contribution in [1.82, 2.24) is 14.8 Å². The van der Waals surface area contributed by atoms with Gasteiger partial charge in [-0.05, 0) is 38.0 Å². The van der Waals surface area contributed by atoms with Crippen LogP contribution in [-0.2, 0) is 6.54 Å². The Morgan fingerprint density at radius 2 is 1.85 bits per heavy atom. The molecule has 0 saturated carbocycles. The molecule has 1 unspecified atom stereocenters. The lowest BCUT2D eigenvalue weighted by Crippen LogP contribution is -2.11. The lowest BCUT2D eigenvalue weighted by Gasteiger charge is -2.18. The molecule has 5 nitrogen and oxygen atoms in total. The number of aryl methyl sites for hydroxylation is 2. The van der Waals surface area contributed by atoms with Crippen molar-refractivity contribution in [3.63, 3.8) is 0 Å². The Hall–Kier alpha value is -2.79. The van der Waals surface area contributed by atoms with Gasteiger partial charge < -0.3 is 5.11 Å². The summed E-state index contributed by atoms with van der Waals surface area (Å²) in [6, 6.07) is 14.8. The number of nitrogens with zero attached hydrogens (tertiary/aromatic N) is 4. The van der Waals surface area contributed by atoms with Gasteiger partial charge in [-0.25, -0.2) is 0 Å². The third-order valence-corrected chi connectivity index (χ3v) is 5.30. The first-order chi connectivity index (χ1) is 13.1. The number of rotatable bonds is 4. The number of hydrogen-bond acceptors (Lipinski definition) is 4. The molecule has 1 N–H and O–H groups in total. The largest absolute Gasteiger partial charge is 0.396 e. The van der Waals surface area contributed by atoms with Gasteiger partial charge in [0.1, 0.15) is 12.4 Å². The Morgan fingerprint density at radius 1 is 1.07 bits per heavy atom. The molecule has 27 heavy (non-hydrogen) atoms. The summed E-state index contributed by atoms with van der Waals surface area (Å²) in [5.74, 6) is 1.82. The summed E-state index contributed by atoms with van der Waals surface area (Å²) in [6.07, 6.45) is 0.892. The Bertz CT molecular complexity index is 998. The van der Waals surface area contributed by atoms with Gasteiger partial charge in [0.25, 0.3) is 0 Å². The smallest absolute Gasteiger partial charge is 0.159 e. The topological polar surface area (TPSA) is 63.3 Å². The molecule has 0 radical (unpaired) electrons. The molecule has 2 aromatic carbocycles. The van der Waals surface area contributed by atoms with Gasteiger partial charge in [0.05, 0.1) is 11.4 Å². The number of benzene rings is 2. The number of fused-ring (bicyclic) bond motifs is 3. The zero-order valence-electron chi connectivity index (χ0n) is 16.0. The number of aliphatic hydroxyl groups excluding tert-OH is 1. The highest BCUT2D eigenvalue weighted by molar-refractivity contribution is 6.15. The average Bonchev–Trinajstić information content (AvgIpc) is 2.96. The summed E-state index contributed by atoms with van der Waals surface area (Å²) < 4.78 is 2.09. The molecule has 1 aromatic heterocycles. The van der Waals surface area contributed by atoms with Crippen LogP contribution in [0.2, 0.25) is 0 Å². The molecule has 3 aromatic rings. The average molecular weight is 360 g/mol. The fourth-order valence-corrected chi connectivity index (χ4v) is 3.68. The third-order valence-electron chi connectivity index (χ3n) is 5.30. The highest BCUT2D eigenvalue weighted by atomic mass is 16.3. The molecule has 0 aliphatic carbocycles. The van der Waals surface area contributed by atoms with Crippen molar-refractivity contribution in [3.8, 4) is 5.69 Å². The van der Waals surface area contributed by atoms with E-state index in [4.69, 9.17) is 4.99 Å². The molecule has 138 valence electrons. The summed E-state index contributed by atoms with van der Waals surface area (Å²) in [5.41, 5.74) is 6.51. The quantitative estimate of drug-likeness (QED) is 0.771. The van der Waals surface area contributed by atoms with Crippen LogP contribution in [0.4, 0.5) is 0 Å². The maximum Gasteiger partial charge on any atom is 0.159 e. The van der Waals surface area contributed by atoms with Gasteiger partial charge in [-0.3, -0.25) is 9.56 Å². The van der Waals surface area contributed by atoms with E-state index in [0.29, 0.717) is 6.54 Å². The number of aliphatic imine (C=N–C) groups is 1. The van der Waals surface area contributed by atoms with Crippen molar-refractivity contribution in [3.05, 3.63) is 76.4 Å². The maximum atomic E-state index is 9.77. The van der Waals surface area contributed by atoms with E-state index in [1.807, 2.05) is 6.92 Å². The fourth-order valence-electron chi connectivity index (χ4n) is 3.68. The number of aliphatic hydroxyl groups is 1. The molecule has 4 rings (SSSR count). The molecule has 0 fully saturated rings. The van der Waals surface area contributed by atoms with Crippen molar-refractivity contribution in [2.45, 2.75) is 39.7 Å².